The van der Waals surface area contributed by atoms with Crippen LogP contribution in [0, 0.1) is 5.82 Å². The highest BCUT2D eigenvalue weighted by Gasteiger charge is 2.22. The van der Waals surface area contributed by atoms with E-state index in [1.807, 2.05) is 16.8 Å². The number of nitrogens with zero attached hydrogens (tertiary/aromatic N) is 2. The van der Waals surface area contributed by atoms with Crippen LogP contribution in [0.4, 0.5) is 10.2 Å². The average Bonchev–Trinajstić information content (AvgIpc) is 2.80. The molecule has 0 radical (unpaired) electrons. The lowest BCUT2D eigenvalue weighted by Gasteiger charge is -2.11. The molecule has 1 aliphatic heterocycles. The van der Waals surface area contributed by atoms with Crippen LogP contribution in [0.15, 0.2) is 42.5 Å². The maximum absolute atomic E-state index is 14.1. The zero-order valence-corrected chi connectivity index (χ0v) is 15.6. The summed E-state index contributed by atoms with van der Waals surface area (Å²) in [5.41, 5.74) is 3.43. The van der Waals surface area contributed by atoms with E-state index in [-0.39, 0.29) is 5.82 Å². The molecule has 2 aromatic carbocycles. The van der Waals surface area contributed by atoms with Gasteiger partial charge in [-0.1, -0.05) is 41.4 Å². The fourth-order valence-electron chi connectivity index (χ4n) is 3.36. The van der Waals surface area contributed by atoms with Crippen LogP contribution >= 0.6 is 23.2 Å². The van der Waals surface area contributed by atoms with Crippen LogP contribution in [0.3, 0.4) is 0 Å². The van der Waals surface area contributed by atoms with Gasteiger partial charge < -0.3 is 5.32 Å². The van der Waals surface area contributed by atoms with Crippen LogP contribution < -0.4 is 5.32 Å². The fraction of sp³-hybridized carbons (Fsp3) is 0.250. The van der Waals surface area contributed by atoms with Gasteiger partial charge in [0.25, 0.3) is 0 Å². The summed E-state index contributed by atoms with van der Waals surface area (Å²) in [6.07, 6.45) is 3.53. The second-order valence-corrected chi connectivity index (χ2v) is 7.28. The molecule has 0 spiro atoms. The third-order valence-corrected chi connectivity index (χ3v) is 5.20. The zero-order chi connectivity index (χ0) is 18.1. The fourth-order valence-corrected chi connectivity index (χ4v) is 3.85. The summed E-state index contributed by atoms with van der Waals surface area (Å²) in [7, 11) is 0. The first-order valence-electron chi connectivity index (χ1n) is 8.67. The maximum atomic E-state index is 14.1. The molecule has 4 rings (SSSR count). The molecule has 0 amide bonds. The lowest BCUT2D eigenvalue weighted by Crippen LogP contribution is -2.07. The third kappa shape index (κ3) is 3.31. The Labute approximate surface area is 161 Å². The maximum Gasteiger partial charge on any atom is 0.133 e. The van der Waals surface area contributed by atoms with E-state index in [0.29, 0.717) is 22.0 Å². The molecule has 0 fully saturated rings. The number of nitrogens with one attached hydrogen (secondary N) is 1. The van der Waals surface area contributed by atoms with E-state index in [9.17, 15) is 4.39 Å². The van der Waals surface area contributed by atoms with Crippen molar-refractivity contribution in [1.82, 2.24) is 9.78 Å². The summed E-state index contributed by atoms with van der Waals surface area (Å²) in [5.74, 6) is 0.736. The Morgan fingerprint density at radius 2 is 1.96 bits per heavy atom. The first kappa shape index (κ1) is 17.4. The van der Waals surface area contributed by atoms with Crippen LogP contribution in [0.2, 0.25) is 10.0 Å². The predicted molar refractivity (Wildman–Crippen MR) is 104 cm³/mol. The molecule has 0 unspecified atom stereocenters. The minimum atomic E-state index is -0.207. The zero-order valence-electron chi connectivity index (χ0n) is 14.1. The Bertz CT molecular complexity index is 952. The summed E-state index contributed by atoms with van der Waals surface area (Å²) in [5, 5.41) is 9.37. The Balaban J connectivity index is 1.83. The standard InChI is InChI=1S/C20H18Cl2FN3/c21-14-8-9-19(16(22)12-14)26-20-15(6-3-4-10-24-20)18(25-26)11-13-5-1-2-7-17(13)23/h1-2,5,7-9,12,24H,3-4,6,10-11H2. The Hall–Kier alpha value is -2.04. The van der Waals surface area contributed by atoms with E-state index in [4.69, 9.17) is 28.3 Å². The van der Waals surface area contributed by atoms with Crippen molar-refractivity contribution in [2.45, 2.75) is 25.7 Å². The molecule has 1 aromatic heterocycles. The van der Waals surface area contributed by atoms with Crippen LogP contribution in [0.5, 0.6) is 0 Å². The molecular weight excluding hydrogens is 372 g/mol. The van der Waals surface area contributed by atoms with Gasteiger partial charge in [-0.15, -0.1) is 0 Å². The monoisotopic (exact) mass is 389 g/mol. The minimum Gasteiger partial charge on any atom is -0.370 e. The van der Waals surface area contributed by atoms with E-state index < -0.39 is 0 Å². The number of anilines is 1. The van der Waals surface area contributed by atoms with Crippen molar-refractivity contribution in [2.75, 3.05) is 11.9 Å². The van der Waals surface area contributed by atoms with Gasteiger partial charge >= 0.3 is 0 Å². The smallest absolute Gasteiger partial charge is 0.133 e. The molecule has 26 heavy (non-hydrogen) atoms. The van der Waals surface area contributed by atoms with Crippen molar-refractivity contribution in [3.05, 3.63) is 75.1 Å². The van der Waals surface area contributed by atoms with Gasteiger partial charge in [0, 0.05) is 23.6 Å². The van der Waals surface area contributed by atoms with Crippen molar-refractivity contribution in [2.24, 2.45) is 0 Å². The van der Waals surface area contributed by atoms with Crippen molar-refractivity contribution < 1.29 is 4.39 Å². The first-order chi connectivity index (χ1) is 12.6. The number of hydrogen-bond donors (Lipinski definition) is 1. The largest absolute Gasteiger partial charge is 0.370 e. The molecule has 0 saturated carbocycles. The van der Waals surface area contributed by atoms with E-state index in [1.54, 1.807) is 24.3 Å². The lowest BCUT2D eigenvalue weighted by atomic mass is 10.0. The second kappa shape index (κ2) is 7.29. The van der Waals surface area contributed by atoms with Gasteiger partial charge in [0.15, 0.2) is 0 Å². The predicted octanol–water partition coefficient (Wildman–Crippen LogP) is 5.66. The van der Waals surface area contributed by atoms with Crippen molar-refractivity contribution in [3.63, 3.8) is 0 Å². The van der Waals surface area contributed by atoms with Gasteiger partial charge in [0.2, 0.25) is 0 Å². The van der Waals surface area contributed by atoms with Gasteiger partial charge in [-0.3, -0.25) is 0 Å². The second-order valence-electron chi connectivity index (χ2n) is 6.43. The third-order valence-electron chi connectivity index (χ3n) is 4.67. The molecule has 0 aliphatic carbocycles. The summed E-state index contributed by atoms with van der Waals surface area (Å²) in [6, 6.07) is 12.2. The van der Waals surface area contributed by atoms with Gasteiger partial charge in [-0.25, -0.2) is 9.07 Å². The molecule has 3 aromatic rings. The highest BCUT2D eigenvalue weighted by atomic mass is 35.5. The van der Waals surface area contributed by atoms with Gasteiger partial charge in [0.05, 0.1) is 16.4 Å². The van der Waals surface area contributed by atoms with Crippen molar-refractivity contribution in [3.8, 4) is 5.69 Å². The molecule has 0 saturated heterocycles. The van der Waals surface area contributed by atoms with Crippen LogP contribution in [-0.2, 0) is 12.8 Å². The average molecular weight is 390 g/mol. The number of halogens is 3. The molecule has 134 valence electrons. The van der Waals surface area contributed by atoms with Crippen LogP contribution in [0.25, 0.3) is 5.69 Å². The molecule has 3 nitrogen and oxygen atoms in total. The molecular formula is C20H18Cl2FN3. The van der Waals surface area contributed by atoms with E-state index in [1.165, 1.54) is 6.07 Å². The molecule has 1 aliphatic rings. The van der Waals surface area contributed by atoms with Crippen molar-refractivity contribution >= 4 is 29.0 Å². The number of aromatic nitrogens is 2. The molecule has 6 heteroatoms. The quantitative estimate of drug-likeness (QED) is 0.626. The first-order valence-corrected chi connectivity index (χ1v) is 9.42. The van der Waals surface area contributed by atoms with Gasteiger partial charge in [0.1, 0.15) is 11.6 Å². The normalized spacial score (nSPS) is 13.8. The number of rotatable bonds is 3. The van der Waals surface area contributed by atoms with Crippen molar-refractivity contribution in [1.29, 1.82) is 0 Å². The lowest BCUT2D eigenvalue weighted by molar-refractivity contribution is 0.612. The van der Waals surface area contributed by atoms with E-state index in [2.05, 4.69) is 5.32 Å². The highest BCUT2D eigenvalue weighted by Crippen LogP contribution is 2.33. The van der Waals surface area contributed by atoms with Crippen LogP contribution in [0.1, 0.15) is 29.7 Å². The summed E-state index contributed by atoms with van der Waals surface area (Å²) >= 11 is 12.4. The minimum absolute atomic E-state index is 0.207. The van der Waals surface area contributed by atoms with E-state index >= 15 is 0 Å². The summed E-state index contributed by atoms with van der Waals surface area (Å²) < 4.78 is 16.0. The van der Waals surface area contributed by atoms with Gasteiger partial charge in [-0.2, -0.15) is 5.10 Å². The van der Waals surface area contributed by atoms with E-state index in [0.717, 1.165) is 48.6 Å². The Morgan fingerprint density at radius 3 is 2.77 bits per heavy atom. The summed E-state index contributed by atoms with van der Waals surface area (Å²) in [6.45, 7) is 0.878. The molecule has 0 atom stereocenters. The molecule has 0 bridgehead atoms. The Kier molecular flexibility index (Phi) is 4.88. The highest BCUT2D eigenvalue weighted by molar-refractivity contribution is 6.35. The number of fused-ring (bicyclic) bond motifs is 1. The summed E-state index contributed by atoms with van der Waals surface area (Å²) in [4.78, 5) is 0. The number of hydrogen-bond acceptors (Lipinski definition) is 2. The number of benzene rings is 2. The SMILES string of the molecule is Fc1ccccc1Cc1nn(-c2ccc(Cl)cc2Cl)c2c1CCCCN2. The molecule has 2 heterocycles. The topological polar surface area (TPSA) is 29.9 Å². The molecule has 1 N–H and O–H groups in total. The van der Waals surface area contributed by atoms with Gasteiger partial charge in [-0.05, 0) is 49.1 Å². The Morgan fingerprint density at radius 1 is 1.12 bits per heavy atom. The van der Waals surface area contributed by atoms with Crippen LogP contribution in [-0.4, -0.2) is 16.3 Å².